The minimum absolute atomic E-state index is 0.0299. The fourth-order valence-corrected chi connectivity index (χ4v) is 15.1. The highest BCUT2D eigenvalue weighted by atomic mass is 31.1. The van der Waals surface area contributed by atoms with Crippen LogP contribution in [-0.4, -0.2) is 16.1 Å². The molecule has 3 nitrogen and oxygen atoms in total. The molecule has 0 fully saturated rings. The largest absolute Gasteiger partial charge is 0.408 e. The Morgan fingerprint density at radius 1 is 0.519 bits per heavy atom. The van der Waals surface area contributed by atoms with E-state index in [-0.39, 0.29) is 12.1 Å². The summed E-state index contributed by atoms with van der Waals surface area (Å²) in [7, 11) is -5.58. The molecule has 0 aliphatic rings. The Kier molecular flexibility index (Phi) is 10.4. The van der Waals surface area contributed by atoms with E-state index in [1.807, 2.05) is 0 Å². The molecule has 0 unspecified atom stereocenters. The van der Waals surface area contributed by atoms with Crippen LogP contribution in [0.3, 0.4) is 0 Å². The van der Waals surface area contributed by atoms with Crippen molar-refractivity contribution in [1.82, 2.24) is 0 Å². The first kappa shape index (κ1) is 36.5. The summed E-state index contributed by atoms with van der Waals surface area (Å²) in [5, 5.41) is 10.3. The van der Waals surface area contributed by atoms with Crippen LogP contribution in [0.4, 0.5) is 0 Å². The lowest BCUT2D eigenvalue weighted by Crippen LogP contribution is -2.43. The van der Waals surface area contributed by atoms with Crippen molar-refractivity contribution in [2.24, 2.45) is 0 Å². The summed E-state index contributed by atoms with van der Waals surface area (Å²) >= 11 is 0. The number of nitrogens with zero attached hydrogens (tertiary/aromatic N) is 1. The van der Waals surface area contributed by atoms with Crippen molar-refractivity contribution in [1.29, 1.82) is 0 Å². The van der Waals surface area contributed by atoms with Gasteiger partial charge < -0.3 is 8.39 Å². The number of hydrogen-bond acceptors (Lipinski definition) is 3. The smallest absolute Gasteiger partial charge is 0.310 e. The highest BCUT2D eigenvalue weighted by Gasteiger charge is 2.35. The van der Waals surface area contributed by atoms with Gasteiger partial charge in [0.15, 0.2) is 0 Å². The molecule has 268 valence electrons. The monoisotopic (exact) mass is 739 g/mol. The average molecular weight is 740 g/mol. The topological polar surface area (TPSA) is 29.5 Å². The molecule has 0 aliphatic carbocycles. The first-order valence-corrected chi connectivity index (χ1v) is 26.3. The molecule has 0 spiro atoms. The summed E-state index contributed by atoms with van der Waals surface area (Å²) in [6.45, 7) is 19.3. The van der Waals surface area contributed by atoms with Crippen LogP contribution < -0.4 is 15.0 Å². The molecule has 0 bridgehead atoms. The minimum atomic E-state index is -1.97. The summed E-state index contributed by atoms with van der Waals surface area (Å²) in [4.78, 5) is 0. The second kappa shape index (κ2) is 14.9. The molecule has 7 rings (SSSR count). The molecule has 1 aromatic heterocycles. The van der Waals surface area contributed by atoms with Gasteiger partial charge in [0, 0.05) is 22.9 Å². The Bertz CT molecular complexity index is 2220. The van der Waals surface area contributed by atoms with Crippen molar-refractivity contribution in [3.8, 4) is 0 Å². The quantitative estimate of drug-likeness (QED) is 0.124. The molecule has 0 saturated carbocycles. The first-order valence-electron chi connectivity index (χ1n) is 19.3. The van der Waals surface area contributed by atoms with Gasteiger partial charge in [0.1, 0.15) is 11.2 Å². The number of hydrogen-bond donors (Lipinski definition) is 0. The molecule has 0 saturated heterocycles. The van der Waals surface area contributed by atoms with E-state index in [0.717, 1.165) is 35.3 Å². The predicted molar refractivity (Wildman–Crippen MR) is 234 cm³/mol. The summed E-state index contributed by atoms with van der Waals surface area (Å²) in [6.07, 6.45) is 0. The van der Waals surface area contributed by atoms with Gasteiger partial charge in [-0.3, -0.25) is 0 Å². The summed E-state index contributed by atoms with van der Waals surface area (Å²) in [5.41, 5.74) is 4.60. The summed E-state index contributed by atoms with van der Waals surface area (Å²) in [5.74, 6) is 0. The van der Waals surface area contributed by atoms with Gasteiger partial charge in [0.25, 0.3) is 0 Å². The predicted octanol–water partition coefficient (Wildman–Crippen LogP) is 13.7. The molecular formula is C46H54NO2PSi2. The molecule has 1 heterocycles. The summed E-state index contributed by atoms with van der Waals surface area (Å²) in [6, 6.07) is 49.4. The molecule has 0 aliphatic heterocycles. The van der Waals surface area contributed by atoms with E-state index in [2.05, 4.69) is 181 Å². The number of rotatable bonds is 11. The van der Waals surface area contributed by atoms with Crippen LogP contribution in [0.15, 0.2) is 130 Å². The SMILES string of the molecule is CC[Si](C)(CC)c1cc2ccccc2c2c1op(N([C@H](C)c1ccccc1)[C@H](C)c1ccccc1)oc1c([Si](C)(CC)CC)cc3ccccc3c12. The van der Waals surface area contributed by atoms with Crippen LogP contribution in [-0.2, 0) is 0 Å². The lowest BCUT2D eigenvalue weighted by atomic mass is 9.98. The lowest BCUT2D eigenvalue weighted by molar-refractivity contribution is 0.559. The third-order valence-corrected chi connectivity index (χ3v) is 23.9. The van der Waals surface area contributed by atoms with E-state index in [4.69, 9.17) is 8.39 Å². The highest BCUT2D eigenvalue weighted by Crippen LogP contribution is 2.48. The number of fused-ring (bicyclic) bond motifs is 7. The Morgan fingerprint density at radius 2 is 0.865 bits per heavy atom. The zero-order valence-corrected chi connectivity index (χ0v) is 35.1. The zero-order valence-electron chi connectivity index (χ0n) is 32.2. The molecule has 6 heteroatoms. The molecule has 6 aromatic carbocycles. The molecule has 2 atom stereocenters. The van der Waals surface area contributed by atoms with Gasteiger partial charge in [-0.15, -0.1) is 0 Å². The van der Waals surface area contributed by atoms with Crippen LogP contribution in [0.5, 0.6) is 0 Å². The van der Waals surface area contributed by atoms with Crippen LogP contribution >= 0.6 is 8.16 Å². The van der Waals surface area contributed by atoms with Crippen molar-refractivity contribution in [2.45, 2.75) is 90.9 Å². The van der Waals surface area contributed by atoms with E-state index in [1.54, 1.807) is 0 Å². The maximum atomic E-state index is 7.78. The van der Waals surface area contributed by atoms with Crippen molar-refractivity contribution in [3.63, 3.8) is 0 Å². The van der Waals surface area contributed by atoms with Gasteiger partial charge in [-0.2, -0.15) is 4.67 Å². The van der Waals surface area contributed by atoms with Crippen LogP contribution in [0, 0.1) is 0 Å². The standard InChI is InChI=1S/C46H54NO2PSi2/c1-9-51(7,10-2)41-31-37-27-19-21-29-39(37)43-44-40-30-22-20-28-38(40)32-42(52(8,11-3)12-4)46(44)49-50(48-45(41)43)47(33(5)35-23-15-13-16-24-35)34(6)36-25-17-14-18-26-36/h13-34H,9-12H2,1-8H3/t33-,34-/m1/s1. The van der Waals surface area contributed by atoms with Gasteiger partial charge in [-0.1, -0.05) is 186 Å². The fourth-order valence-electron chi connectivity index (χ4n) is 8.16. The fraction of sp³-hybridized carbons (Fsp3) is 0.304. The average Bonchev–Trinajstić information content (AvgIpc) is 3.38. The zero-order chi connectivity index (χ0) is 36.6. The van der Waals surface area contributed by atoms with Crippen molar-refractivity contribution < 1.29 is 8.39 Å². The van der Waals surface area contributed by atoms with Crippen molar-refractivity contribution in [3.05, 3.63) is 132 Å². The Hall–Kier alpha value is -3.87. The first-order chi connectivity index (χ1) is 25.2. The maximum Gasteiger partial charge on any atom is 0.310 e. The number of benzene rings is 6. The van der Waals surface area contributed by atoms with Gasteiger partial charge >= 0.3 is 8.16 Å². The van der Waals surface area contributed by atoms with Gasteiger partial charge in [-0.05, 0) is 56.9 Å². The highest BCUT2D eigenvalue weighted by molar-refractivity contribution is 7.39. The Morgan fingerprint density at radius 3 is 1.23 bits per heavy atom. The van der Waals surface area contributed by atoms with Crippen molar-refractivity contribution >= 4 is 78.2 Å². The molecule has 0 N–H and O–H groups in total. The van der Waals surface area contributed by atoms with Gasteiger partial charge in [0.05, 0.1) is 16.1 Å². The summed E-state index contributed by atoms with van der Waals surface area (Å²) < 4.78 is 18.1. The third kappa shape index (κ3) is 6.30. The maximum absolute atomic E-state index is 7.78. The second-order valence-corrected chi connectivity index (χ2v) is 26.7. The molecule has 52 heavy (non-hydrogen) atoms. The van der Waals surface area contributed by atoms with E-state index in [0.29, 0.717) is 0 Å². The normalized spacial score (nSPS) is 13.7. The molecular weight excluding hydrogens is 686 g/mol. The van der Waals surface area contributed by atoms with Crippen LogP contribution in [0.2, 0.25) is 37.3 Å². The molecule has 0 radical (unpaired) electrons. The lowest BCUT2D eigenvalue weighted by Gasteiger charge is -2.32. The Labute approximate surface area is 313 Å². The van der Waals surface area contributed by atoms with Crippen molar-refractivity contribution in [2.75, 3.05) is 4.67 Å². The minimum Gasteiger partial charge on any atom is -0.408 e. The van der Waals surface area contributed by atoms with E-state index < -0.39 is 24.3 Å². The second-order valence-electron chi connectivity index (χ2n) is 15.2. The molecule has 7 aromatic rings. The van der Waals surface area contributed by atoms with Crippen LogP contribution in [0.25, 0.3) is 43.5 Å². The third-order valence-electron chi connectivity index (χ3n) is 12.6. The van der Waals surface area contributed by atoms with E-state index in [1.165, 1.54) is 53.8 Å². The van der Waals surface area contributed by atoms with Gasteiger partial charge in [-0.25, -0.2) is 0 Å². The van der Waals surface area contributed by atoms with Gasteiger partial charge in [0.2, 0.25) is 0 Å². The van der Waals surface area contributed by atoms with Crippen LogP contribution in [0.1, 0.15) is 64.8 Å². The van der Waals surface area contributed by atoms with E-state index in [9.17, 15) is 0 Å². The Balaban J connectivity index is 1.78. The molecule has 0 amide bonds. The van der Waals surface area contributed by atoms with E-state index >= 15 is 0 Å².